The van der Waals surface area contributed by atoms with Crippen molar-refractivity contribution in [2.75, 3.05) is 13.1 Å². The lowest BCUT2D eigenvalue weighted by Gasteiger charge is -2.20. The molecule has 3 heteroatoms. The Kier molecular flexibility index (Phi) is 7.10. The first-order valence-electron chi connectivity index (χ1n) is 8.90. The summed E-state index contributed by atoms with van der Waals surface area (Å²) in [5, 5.41) is 0. The van der Waals surface area contributed by atoms with E-state index in [2.05, 4.69) is 0 Å². The van der Waals surface area contributed by atoms with Gasteiger partial charge >= 0.3 is 0 Å². The van der Waals surface area contributed by atoms with Gasteiger partial charge in [0.15, 0.2) is 5.78 Å². The van der Waals surface area contributed by atoms with Crippen LogP contribution in [-0.4, -0.2) is 29.7 Å². The molecule has 2 rings (SSSR count). The Morgan fingerprint density at radius 2 is 1.27 bits per heavy atom. The zero-order valence-electron chi connectivity index (χ0n) is 15.6. The zero-order chi connectivity index (χ0) is 18.9. The van der Waals surface area contributed by atoms with E-state index in [1.54, 1.807) is 17.9 Å². The minimum absolute atomic E-state index is 0.199. The first kappa shape index (κ1) is 19.4. The van der Waals surface area contributed by atoms with Crippen molar-refractivity contribution in [1.82, 2.24) is 4.90 Å². The third kappa shape index (κ3) is 5.03. The summed E-state index contributed by atoms with van der Waals surface area (Å²) in [7, 11) is 0. The summed E-state index contributed by atoms with van der Waals surface area (Å²) in [5.41, 5.74) is 2.51. The summed E-state index contributed by atoms with van der Waals surface area (Å²) in [4.78, 5) is 27.6. The first-order valence-corrected chi connectivity index (χ1v) is 8.90. The van der Waals surface area contributed by atoms with Gasteiger partial charge in [0, 0.05) is 13.1 Å². The zero-order valence-corrected chi connectivity index (χ0v) is 15.6. The maximum Gasteiger partial charge on any atom is 0.257 e. The van der Waals surface area contributed by atoms with Gasteiger partial charge in [-0.05, 0) is 49.6 Å². The molecule has 1 amide bonds. The van der Waals surface area contributed by atoms with Crippen molar-refractivity contribution in [3.8, 4) is 0 Å². The van der Waals surface area contributed by atoms with Crippen LogP contribution in [0, 0.1) is 0 Å². The molecule has 0 saturated heterocycles. The quantitative estimate of drug-likeness (QED) is 0.417. The number of benzene rings is 2. The molecule has 3 nitrogen and oxygen atoms in total. The van der Waals surface area contributed by atoms with E-state index in [4.69, 9.17) is 0 Å². The SMILES string of the molecule is CCN(CC)C(=O)/C(=C\c1ccccc1)C(=O)/C(C)=C/c1ccccc1. The lowest BCUT2D eigenvalue weighted by molar-refractivity contribution is -0.128. The second kappa shape index (κ2) is 9.52. The predicted octanol–water partition coefficient (Wildman–Crippen LogP) is 4.61. The monoisotopic (exact) mass is 347 g/mol. The van der Waals surface area contributed by atoms with Crippen molar-refractivity contribution in [2.24, 2.45) is 0 Å². The topological polar surface area (TPSA) is 37.4 Å². The van der Waals surface area contributed by atoms with Gasteiger partial charge in [-0.1, -0.05) is 60.7 Å². The molecule has 0 bridgehead atoms. The molecule has 0 spiro atoms. The molecular weight excluding hydrogens is 322 g/mol. The van der Waals surface area contributed by atoms with Gasteiger partial charge in [0.2, 0.25) is 0 Å². The highest BCUT2D eigenvalue weighted by Crippen LogP contribution is 2.17. The summed E-state index contributed by atoms with van der Waals surface area (Å²) in [5.74, 6) is -0.473. The molecule has 0 atom stereocenters. The van der Waals surface area contributed by atoms with Crippen molar-refractivity contribution in [3.05, 3.63) is 82.9 Å². The molecule has 0 heterocycles. The summed E-state index contributed by atoms with van der Waals surface area (Å²) in [6, 6.07) is 19.1. The van der Waals surface area contributed by atoms with Gasteiger partial charge in [-0.15, -0.1) is 0 Å². The van der Waals surface area contributed by atoms with Gasteiger partial charge in [-0.3, -0.25) is 9.59 Å². The number of ketones is 1. The molecule has 0 aliphatic rings. The highest BCUT2D eigenvalue weighted by Gasteiger charge is 2.23. The van der Waals surface area contributed by atoms with Crippen LogP contribution in [0.15, 0.2) is 71.8 Å². The average molecular weight is 347 g/mol. The molecule has 0 aliphatic carbocycles. The van der Waals surface area contributed by atoms with Gasteiger partial charge in [0.05, 0.1) is 5.57 Å². The lowest BCUT2D eigenvalue weighted by atomic mass is 9.99. The van der Waals surface area contributed by atoms with E-state index >= 15 is 0 Å². The predicted molar refractivity (Wildman–Crippen MR) is 107 cm³/mol. The molecule has 134 valence electrons. The Labute approximate surface area is 155 Å². The van der Waals surface area contributed by atoms with Crippen LogP contribution < -0.4 is 0 Å². The molecule has 0 saturated carbocycles. The van der Waals surface area contributed by atoms with Crippen molar-refractivity contribution in [3.63, 3.8) is 0 Å². The van der Waals surface area contributed by atoms with E-state index in [0.717, 1.165) is 11.1 Å². The molecular formula is C23H25NO2. The van der Waals surface area contributed by atoms with E-state index in [0.29, 0.717) is 18.7 Å². The number of Topliss-reactive ketones (excluding diaryl/α,β-unsaturated/α-hetero) is 1. The highest BCUT2D eigenvalue weighted by molar-refractivity contribution is 6.28. The molecule has 0 radical (unpaired) electrons. The van der Waals surface area contributed by atoms with E-state index in [1.807, 2.05) is 80.6 Å². The van der Waals surface area contributed by atoms with E-state index in [1.165, 1.54) is 0 Å². The van der Waals surface area contributed by atoms with Crippen LogP contribution in [0.2, 0.25) is 0 Å². The standard InChI is InChI=1S/C23H25NO2/c1-4-24(5-2)23(26)21(17-20-14-10-7-11-15-20)22(25)18(3)16-19-12-8-6-9-13-19/h6-17H,4-5H2,1-3H3/b18-16+,21-17-. The Bertz CT molecular complexity index is 801. The fourth-order valence-electron chi connectivity index (χ4n) is 2.70. The van der Waals surface area contributed by atoms with Gasteiger partial charge in [-0.25, -0.2) is 0 Å². The maximum atomic E-state index is 13.0. The van der Waals surface area contributed by atoms with E-state index < -0.39 is 0 Å². The van der Waals surface area contributed by atoms with Crippen LogP contribution in [0.25, 0.3) is 12.2 Å². The number of allylic oxidation sites excluding steroid dienone is 1. The van der Waals surface area contributed by atoms with E-state index in [-0.39, 0.29) is 17.3 Å². The molecule has 0 aromatic heterocycles. The normalized spacial score (nSPS) is 12.0. The smallest absolute Gasteiger partial charge is 0.257 e. The number of carbonyl (C=O) groups is 2. The Morgan fingerprint density at radius 1 is 0.808 bits per heavy atom. The number of nitrogens with zero attached hydrogens (tertiary/aromatic N) is 1. The van der Waals surface area contributed by atoms with Gasteiger partial charge in [0.1, 0.15) is 0 Å². The van der Waals surface area contributed by atoms with Gasteiger partial charge in [0.25, 0.3) is 5.91 Å². The van der Waals surface area contributed by atoms with Crippen LogP contribution in [0.3, 0.4) is 0 Å². The minimum atomic E-state index is -0.241. The molecule has 0 unspecified atom stereocenters. The number of hydrogen-bond donors (Lipinski definition) is 0. The summed E-state index contributed by atoms with van der Waals surface area (Å²) in [6.07, 6.45) is 3.50. The lowest BCUT2D eigenvalue weighted by Crippen LogP contribution is -2.34. The maximum absolute atomic E-state index is 13.0. The Balaban J connectivity index is 2.43. The molecule has 2 aromatic rings. The highest BCUT2D eigenvalue weighted by atomic mass is 16.2. The van der Waals surface area contributed by atoms with Crippen LogP contribution in [0.5, 0.6) is 0 Å². The van der Waals surface area contributed by atoms with Crippen LogP contribution in [0.4, 0.5) is 0 Å². The van der Waals surface area contributed by atoms with Crippen LogP contribution >= 0.6 is 0 Å². The molecule has 0 fully saturated rings. The molecule has 26 heavy (non-hydrogen) atoms. The van der Waals surface area contributed by atoms with Crippen molar-refractivity contribution >= 4 is 23.8 Å². The summed E-state index contributed by atoms with van der Waals surface area (Å²) >= 11 is 0. The minimum Gasteiger partial charge on any atom is -0.339 e. The van der Waals surface area contributed by atoms with Gasteiger partial charge < -0.3 is 4.90 Å². The number of carbonyl (C=O) groups excluding carboxylic acids is 2. The van der Waals surface area contributed by atoms with Crippen molar-refractivity contribution in [1.29, 1.82) is 0 Å². The van der Waals surface area contributed by atoms with Crippen LogP contribution in [0.1, 0.15) is 31.9 Å². The second-order valence-electron chi connectivity index (χ2n) is 6.01. The number of rotatable bonds is 7. The summed E-state index contributed by atoms with van der Waals surface area (Å²) in [6.45, 7) is 6.72. The van der Waals surface area contributed by atoms with Gasteiger partial charge in [-0.2, -0.15) is 0 Å². The third-order valence-electron chi connectivity index (χ3n) is 4.18. The van der Waals surface area contributed by atoms with Crippen molar-refractivity contribution < 1.29 is 9.59 Å². The second-order valence-corrected chi connectivity index (χ2v) is 6.01. The fraction of sp³-hybridized carbons (Fsp3) is 0.217. The fourth-order valence-corrected chi connectivity index (χ4v) is 2.70. The van der Waals surface area contributed by atoms with Crippen LogP contribution in [-0.2, 0) is 9.59 Å². The molecule has 2 aromatic carbocycles. The van der Waals surface area contributed by atoms with Crippen molar-refractivity contribution in [2.45, 2.75) is 20.8 Å². The number of amides is 1. The summed E-state index contributed by atoms with van der Waals surface area (Å²) < 4.78 is 0. The Hall–Kier alpha value is -2.94. The largest absolute Gasteiger partial charge is 0.339 e. The molecule has 0 N–H and O–H groups in total. The Morgan fingerprint density at radius 3 is 1.73 bits per heavy atom. The number of likely N-dealkylation sites (N-methyl/N-ethyl adjacent to an activating group) is 1. The molecule has 0 aliphatic heterocycles. The van der Waals surface area contributed by atoms with E-state index in [9.17, 15) is 9.59 Å². The number of hydrogen-bond acceptors (Lipinski definition) is 2. The first-order chi connectivity index (χ1) is 12.6. The average Bonchev–Trinajstić information content (AvgIpc) is 2.68. The third-order valence-corrected chi connectivity index (χ3v) is 4.18.